The van der Waals surface area contributed by atoms with Crippen molar-refractivity contribution in [3.8, 4) is 0 Å². The molecule has 0 aromatic heterocycles. The van der Waals surface area contributed by atoms with Crippen LogP contribution in [0.1, 0.15) is 11.1 Å². The molecule has 0 saturated carbocycles. The standard InChI is InChI=1S/C21H23N3/c1-24(2)20-13-7-17(8-14-20)21(15-3-9-18(22)10-4-15)16-5-11-19(23)12-6-16/h3-14,20H,22-23H2,1-2H3. The van der Waals surface area contributed by atoms with Crippen molar-refractivity contribution in [1.29, 1.82) is 0 Å². The van der Waals surface area contributed by atoms with Gasteiger partial charge in [-0.3, -0.25) is 4.90 Å². The molecule has 122 valence electrons. The van der Waals surface area contributed by atoms with Crippen LogP contribution < -0.4 is 11.5 Å². The van der Waals surface area contributed by atoms with E-state index in [1.54, 1.807) is 0 Å². The second kappa shape index (κ2) is 6.77. The van der Waals surface area contributed by atoms with Crippen molar-refractivity contribution in [1.82, 2.24) is 4.90 Å². The first-order valence-electron chi connectivity index (χ1n) is 8.03. The number of nitrogens with two attached hydrogens (primary N) is 2. The van der Waals surface area contributed by atoms with Crippen LogP contribution in [0.15, 0.2) is 78.4 Å². The normalized spacial score (nSPS) is 16.6. The van der Waals surface area contributed by atoms with Crippen LogP contribution in [0.2, 0.25) is 0 Å². The Labute approximate surface area is 143 Å². The maximum absolute atomic E-state index is 5.85. The molecule has 3 rings (SSSR count). The summed E-state index contributed by atoms with van der Waals surface area (Å²) in [6, 6.07) is 16.3. The van der Waals surface area contributed by atoms with Crippen LogP contribution in [0.25, 0.3) is 5.57 Å². The number of anilines is 2. The molecule has 24 heavy (non-hydrogen) atoms. The Bertz CT molecular complexity index is 730. The summed E-state index contributed by atoms with van der Waals surface area (Å²) < 4.78 is 0. The molecule has 4 N–H and O–H groups in total. The number of likely N-dealkylation sites (N-methyl/N-ethyl adjacent to an activating group) is 1. The van der Waals surface area contributed by atoms with Gasteiger partial charge in [0.1, 0.15) is 0 Å². The van der Waals surface area contributed by atoms with Gasteiger partial charge in [0.25, 0.3) is 0 Å². The average Bonchev–Trinajstić information content (AvgIpc) is 2.59. The molecular weight excluding hydrogens is 294 g/mol. The monoisotopic (exact) mass is 317 g/mol. The van der Waals surface area contributed by atoms with E-state index in [1.165, 1.54) is 11.1 Å². The lowest BCUT2D eigenvalue weighted by molar-refractivity contribution is 0.390. The molecule has 0 bridgehead atoms. The van der Waals surface area contributed by atoms with E-state index in [0.717, 1.165) is 22.5 Å². The molecule has 1 aliphatic carbocycles. The van der Waals surface area contributed by atoms with E-state index in [-0.39, 0.29) is 0 Å². The molecule has 0 aliphatic heterocycles. The van der Waals surface area contributed by atoms with Crippen LogP contribution in [0, 0.1) is 0 Å². The Morgan fingerprint density at radius 2 is 1.17 bits per heavy atom. The number of nitrogen functional groups attached to an aromatic ring is 2. The molecule has 1 aliphatic rings. The van der Waals surface area contributed by atoms with Crippen molar-refractivity contribution in [2.45, 2.75) is 6.04 Å². The third-order valence-electron chi connectivity index (χ3n) is 4.23. The highest BCUT2D eigenvalue weighted by atomic mass is 15.1. The lowest BCUT2D eigenvalue weighted by atomic mass is 9.90. The van der Waals surface area contributed by atoms with Gasteiger partial charge in [-0.15, -0.1) is 0 Å². The molecule has 0 unspecified atom stereocenters. The van der Waals surface area contributed by atoms with E-state index in [1.807, 2.05) is 24.3 Å². The average molecular weight is 317 g/mol. The van der Waals surface area contributed by atoms with Gasteiger partial charge in [0.15, 0.2) is 0 Å². The lowest BCUT2D eigenvalue weighted by Crippen LogP contribution is -2.24. The van der Waals surface area contributed by atoms with Crippen molar-refractivity contribution >= 4 is 16.9 Å². The van der Waals surface area contributed by atoms with Crippen molar-refractivity contribution in [3.63, 3.8) is 0 Å². The molecule has 0 atom stereocenters. The number of nitrogens with zero attached hydrogens (tertiary/aromatic N) is 1. The number of benzene rings is 2. The Kier molecular flexibility index (Phi) is 4.54. The zero-order valence-corrected chi connectivity index (χ0v) is 14.1. The Morgan fingerprint density at radius 3 is 1.54 bits per heavy atom. The third-order valence-corrected chi connectivity index (χ3v) is 4.23. The Hall–Kier alpha value is -2.78. The summed E-state index contributed by atoms with van der Waals surface area (Å²) in [5.74, 6) is 0. The van der Waals surface area contributed by atoms with E-state index in [4.69, 9.17) is 11.5 Å². The second-order valence-electron chi connectivity index (χ2n) is 6.25. The molecule has 0 saturated heterocycles. The fourth-order valence-electron chi connectivity index (χ4n) is 2.83. The summed E-state index contributed by atoms with van der Waals surface area (Å²) >= 11 is 0. The fraction of sp³-hybridized carbons (Fsp3) is 0.143. The van der Waals surface area contributed by atoms with Gasteiger partial charge in [0.2, 0.25) is 0 Å². The van der Waals surface area contributed by atoms with E-state index in [2.05, 4.69) is 67.6 Å². The maximum Gasteiger partial charge on any atom is 0.0462 e. The SMILES string of the molecule is CN(C)C1C=CC(=C(c2ccc(N)cc2)c2ccc(N)cc2)C=C1. The largest absolute Gasteiger partial charge is 0.399 e. The zero-order chi connectivity index (χ0) is 17.1. The number of rotatable bonds is 3. The summed E-state index contributed by atoms with van der Waals surface area (Å²) in [6.07, 6.45) is 8.80. The van der Waals surface area contributed by atoms with Crippen LogP contribution in [-0.4, -0.2) is 25.0 Å². The number of allylic oxidation sites excluding steroid dienone is 3. The van der Waals surface area contributed by atoms with Crippen LogP contribution in [0.4, 0.5) is 11.4 Å². The summed E-state index contributed by atoms with van der Waals surface area (Å²) in [5.41, 5.74) is 17.9. The number of hydrogen-bond donors (Lipinski definition) is 2. The molecule has 3 heteroatoms. The summed E-state index contributed by atoms with van der Waals surface area (Å²) in [5, 5.41) is 0. The van der Waals surface area contributed by atoms with Gasteiger partial charge in [-0.05, 0) is 60.6 Å². The van der Waals surface area contributed by atoms with E-state index < -0.39 is 0 Å². The van der Waals surface area contributed by atoms with Gasteiger partial charge in [-0.1, -0.05) is 48.6 Å². The topological polar surface area (TPSA) is 55.3 Å². The first-order valence-corrected chi connectivity index (χ1v) is 8.03. The molecule has 0 fully saturated rings. The predicted octanol–water partition coefficient (Wildman–Crippen LogP) is 3.71. The molecule has 0 heterocycles. The van der Waals surface area contributed by atoms with Gasteiger partial charge in [0.05, 0.1) is 0 Å². The van der Waals surface area contributed by atoms with Gasteiger partial charge in [-0.2, -0.15) is 0 Å². The Balaban J connectivity index is 2.11. The van der Waals surface area contributed by atoms with Crippen LogP contribution >= 0.6 is 0 Å². The molecular formula is C21H23N3. The van der Waals surface area contributed by atoms with Crippen molar-refractivity contribution < 1.29 is 0 Å². The molecule has 0 amide bonds. The van der Waals surface area contributed by atoms with Crippen molar-refractivity contribution in [2.24, 2.45) is 0 Å². The lowest BCUT2D eigenvalue weighted by Gasteiger charge is -2.21. The highest BCUT2D eigenvalue weighted by Gasteiger charge is 2.13. The van der Waals surface area contributed by atoms with Gasteiger partial charge in [0, 0.05) is 17.4 Å². The Morgan fingerprint density at radius 1 is 0.750 bits per heavy atom. The molecule has 3 nitrogen and oxygen atoms in total. The molecule has 0 spiro atoms. The van der Waals surface area contributed by atoms with Crippen molar-refractivity contribution in [2.75, 3.05) is 25.6 Å². The second-order valence-corrected chi connectivity index (χ2v) is 6.25. The minimum absolute atomic E-state index is 0.327. The van der Waals surface area contributed by atoms with Gasteiger partial charge < -0.3 is 11.5 Å². The molecule has 0 radical (unpaired) electrons. The fourth-order valence-corrected chi connectivity index (χ4v) is 2.83. The molecule has 2 aromatic carbocycles. The maximum atomic E-state index is 5.85. The van der Waals surface area contributed by atoms with E-state index in [0.29, 0.717) is 6.04 Å². The van der Waals surface area contributed by atoms with Crippen LogP contribution in [-0.2, 0) is 0 Å². The summed E-state index contributed by atoms with van der Waals surface area (Å²) in [7, 11) is 4.16. The minimum atomic E-state index is 0.327. The molecule has 2 aromatic rings. The third kappa shape index (κ3) is 3.42. The smallest absolute Gasteiger partial charge is 0.0462 e. The van der Waals surface area contributed by atoms with Crippen LogP contribution in [0.3, 0.4) is 0 Å². The zero-order valence-electron chi connectivity index (χ0n) is 14.1. The summed E-state index contributed by atoms with van der Waals surface area (Å²) in [4.78, 5) is 2.18. The first kappa shape index (κ1) is 16.1. The first-order chi connectivity index (χ1) is 11.5. The van der Waals surface area contributed by atoms with Crippen molar-refractivity contribution in [3.05, 3.63) is 89.5 Å². The highest BCUT2D eigenvalue weighted by Crippen LogP contribution is 2.31. The van der Waals surface area contributed by atoms with E-state index >= 15 is 0 Å². The van der Waals surface area contributed by atoms with E-state index in [9.17, 15) is 0 Å². The highest BCUT2D eigenvalue weighted by molar-refractivity contribution is 5.86. The summed E-state index contributed by atoms with van der Waals surface area (Å²) in [6.45, 7) is 0. The van der Waals surface area contributed by atoms with Crippen LogP contribution in [0.5, 0.6) is 0 Å². The number of hydrogen-bond acceptors (Lipinski definition) is 3. The quantitative estimate of drug-likeness (QED) is 0.849. The predicted molar refractivity (Wildman–Crippen MR) is 103 cm³/mol. The van der Waals surface area contributed by atoms with Gasteiger partial charge in [-0.25, -0.2) is 0 Å². The van der Waals surface area contributed by atoms with Gasteiger partial charge >= 0.3 is 0 Å². The minimum Gasteiger partial charge on any atom is -0.399 e.